The first-order valence-corrected chi connectivity index (χ1v) is 6.66. The third-order valence-electron chi connectivity index (χ3n) is 3.68. The summed E-state index contributed by atoms with van der Waals surface area (Å²) in [4.78, 5) is 10.6. The number of anilines is 1. The van der Waals surface area contributed by atoms with Crippen LogP contribution < -0.4 is 4.90 Å². The molecule has 1 saturated carbocycles. The summed E-state index contributed by atoms with van der Waals surface area (Å²) in [7, 11) is 2.04. The summed E-state index contributed by atoms with van der Waals surface area (Å²) < 4.78 is 0. The molecular formula is C14H20N4. The molecule has 96 valence electrons. The van der Waals surface area contributed by atoms with Crippen LogP contribution in [-0.4, -0.2) is 23.6 Å². The Morgan fingerprint density at radius 3 is 2.78 bits per heavy atom. The summed E-state index contributed by atoms with van der Waals surface area (Å²) in [6, 6.07) is 3.85. The fourth-order valence-corrected chi connectivity index (χ4v) is 2.59. The van der Waals surface area contributed by atoms with E-state index in [-0.39, 0.29) is 0 Å². The fourth-order valence-electron chi connectivity index (χ4n) is 2.59. The Labute approximate surface area is 109 Å². The van der Waals surface area contributed by atoms with Gasteiger partial charge in [-0.3, -0.25) is 0 Å². The van der Waals surface area contributed by atoms with Gasteiger partial charge in [0.25, 0.3) is 0 Å². The average molecular weight is 244 g/mol. The van der Waals surface area contributed by atoms with E-state index in [1.54, 1.807) is 6.07 Å². The van der Waals surface area contributed by atoms with E-state index in [0.717, 1.165) is 18.3 Å². The highest BCUT2D eigenvalue weighted by Crippen LogP contribution is 2.27. The molecule has 1 aromatic rings. The average Bonchev–Trinajstić information content (AvgIpc) is 2.88. The molecule has 1 aliphatic rings. The van der Waals surface area contributed by atoms with E-state index in [9.17, 15) is 0 Å². The van der Waals surface area contributed by atoms with Crippen LogP contribution in [0.4, 0.5) is 5.82 Å². The minimum atomic E-state index is 0.449. The van der Waals surface area contributed by atoms with Crippen molar-refractivity contribution < 1.29 is 0 Å². The molecule has 0 N–H and O–H groups in total. The zero-order valence-electron chi connectivity index (χ0n) is 11.2. The predicted molar refractivity (Wildman–Crippen MR) is 71.3 cm³/mol. The highest BCUT2D eigenvalue weighted by molar-refractivity contribution is 5.42. The van der Waals surface area contributed by atoms with Crippen LogP contribution in [0.3, 0.4) is 0 Å². The van der Waals surface area contributed by atoms with Crippen LogP contribution in [-0.2, 0) is 0 Å². The van der Waals surface area contributed by atoms with E-state index in [1.165, 1.54) is 32.1 Å². The molecule has 0 amide bonds. The van der Waals surface area contributed by atoms with Gasteiger partial charge in [-0.15, -0.1) is 0 Å². The number of rotatable bonds is 4. The van der Waals surface area contributed by atoms with Gasteiger partial charge in [-0.25, -0.2) is 9.97 Å². The molecule has 0 unspecified atom stereocenters. The highest BCUT2D eigenvalue weighted by Gasteiger charge is 2.16. The second-order valence-electron chi connectivity index (χ2n) is 5.13. The fraction of sp³-hybridized carbons (Fsp3) is 0.643. The zero-order valence-corrected chi connectivity index (χ0v) is 11.2. The standard InChI is InChI=1S/C14H20N4/c1-11-16-13(10-15)9-14(17-11)18(2)8-7-12-5-3-4-6-12/h9,12H,3-8H2,1-2H3. The largest absolute Gasteiger partial charge is 0.360 e. The maximum atomic E-state index is 8.91. The Bertz CT molecular complexity index is 444. The molecule has 0 bridgehead atoms. The lowest BCUT2D eigenvalue weighted by atomic mass is 10.0. The van der Waals surface area contributed by atoms with E-state index in [2.05, 4.69) is 20.9 Å². The SMILES string of the molecule is Cc1nc(C#N)cc(N(C)CCC2CCCC2)n1. The third kappa shape index (κ3) is 3.19. The van der Waals surface area contributed by atoms with Gasteiger partial charge >= 0.3 is 0 Å². The number of aromatic nitrogens is 2. The van der Waals surface area contributed by atoms with Crippen LogP contribution in [0, 0.1) is 24.2 Å². The first-order chi connectivity index (χ1) is 8.69. The summed E-state index contributed by atoms with van der Waals surface area (Å²) >= 11 is 0. The molecule has 1 heterocycles. The van der Waals surface area contributed by atoms with Crippen LogP contribution in [0.5, 0.6) is 0 Å². The van der Waals surface area contributed by atoms with Crippen LogP contribution in [0.1, 0.15) is 43.6 Å². The number of aryl methyl sites for hydroxylation is 1. The summed E-state index contributed by atoms with van der Waals surface area (Å²) in [5.41, 5.74) is 0.449. The Morgan fingerprint density at radius 1 is 1.39 bits per heavy atom. The summed E-state index contributed by atoms with van der Waals surface area (Å²) in [6.45, 7) is 2.83. The lowest BCUT2D eigenvalue weighted by Gasteiger charge is -2.20. The molecule has 2 rings (SSSR count). The van der Waals surface area contributed by atoms with E-state index < -0.39 is 0 Å². The van der Waals surface area contributed by atoms with Crippen molar-refractivity contribution in [2.75, 3.05) is 18.5 Å². The van der Waals surface area contributed by atoms with Gasteiger partial charge in [0, 0.05) is 19.7 Å². The summed E-state index contributed by atoms with van der Waals surface area (Å²) in [6.07, 6.45) is 6.75. The first kappa shape index (κ1) is 12.8. The van der Waals surface area contributed by atoms with Crippen LogP contribution in [0.25, 0.3) is 0 Å². The number of nitriles is 1. The molecule has 0 saturated heterocycles. The molecule has 1 aromatic heterocycles. The molecule has 4 heteroatoms. The second kappa shape index (κ2) is 5.81. The smallest absolute Gasteiger partial charge is 0.146 e. The third-order valence-corrected chi connectivity index (χ3v) is 3.68. The maximum absolute atomic E-state index is 8.91. The molecule has 1 fully saturated rings. The van der Waals surface area contributed by atoms with Crippen molar-refractivity contribution in [3.63, 3.8) is 0 Å². The van der Waals surface area contributed by atoms with Crippen LogP contribution >= 0.6 is 0 Å². The zero-order chi connectivity index (χ0) is 13.0. The van der Waals surface area contributed by atoms with Crippen LogP contribution in [0.15, 0.2) is 6.07 Å². The van der Waals surface area contributed by atoms with Crippen molar-refractivity contribution >= 4 is 5.82 Å². The molecule has 0 spiro atoms. The Hall–Kier alpha value is -1.63. The van der Waals surface area contributed by atoms with Gasteiger partial charge < -0.3 is 4.90 Å². The maximum Gasteiger partial charge on any atom is 0.146 e. The van der Waals surface area contributed by atoms with Crippen molar-refractivity contribution in [3.05, 3.63) is 17.6 Å². The normalized spacial score (nSPS) is 15.6. The van der Waals surface area contributed by atoms with Crippen molar-refractivity contribution in [1.82, 2.24) is 9.97 Å². The minimum absolute atomic E-state index is 0.449. The number of hydrogen-bond acceptors (Lipinski definition) is 4. The molecule has 0 aliphatic heterocycles. The molecule has 0 radical (unpaired) electrons. The van der Waals surface area contributed by atoms with Gasteiger partial charge in [-0.05, 0) is 19.3 Å². The summed E-state index contributed by atoms with van der Waals surface area (Å²) in [5, 5.41) is 8.91. The quantitative estimate of drug-likeness (QED) is 0.817. The Balaban J connectivity index is 1.97. The molecule has 0 aromatic carbocycles. The van der Waals surface area contributed by atoms with Crippen molar-refractivity contribution in [2.24, 2.45) is 5.92 Å². The molecule has 1 aliphatic carbocycles. The monoisotopic (exact) mass is 244 g/mol. The molecule has 4 nitrogen and oxygen atoms in total. The number of hydrogen-bond donors (Lipinski definition) is 0. The van der Waals surface area contributed by atoms with Crippen molar-refractivity contribution in [3.8, 4) is 6.07 Å². The lowest BCUT2D eigenvalue weighted by molar-refractivity contribution is 0.504. The van der Waals surface area contributed by atoms with Crippen molar-refractivity contribution in [2.45, 2.75) is 39.0 Å². The van der Waals surface area contributed by atoms with Gasteiger partial charge in [0.2, 0.25) is 0 Å². The summed E-state index contributed by atoms with van der Waals surface area (Å²) in [5.74, 6) is 2.40. The lowest BCUT2D eigenvalue weighted by Crippen LogP contribution is -2.22. The molecule has 0 atom stereocenters. The topological polar surface area (TPSA) is 52.8 Å². The molecule has 18 heavy (non-hydrogen) atoms. The highest BCUT2D eigenvalue weighted by atomic mass is 15.2. The van der Waals surface area contributed by atoms with Crippen molar-refractivity contribution in [1.29, 1.82) is 5.26 Å². The Kier molecular flexibility index (Phi) is 4.14. The van der Waals surface area contributed by atoms with Gasteiger partial charge in [-0.1, -0.05) is 25.7 Å². The second-order valence-corrected chi connectivity index (χ2v) is 5.13. The first-order valence-electron chi connectivity index (χ1n) is 6.66. The Morgan fingerprint density at radius 2 is 2.11 bits per heavy atom. The van der Waals surface area contributed by atoms with E-state index >= 15 is 0 Å². The van der Waals surface area contributed by atoms with Gasteiger partial charge in [0.15, 0.2) is 0 Å². The van der Waals surface area contributed by atoms with E-state index in [4.69, 9.17) is 5.26 Å². The van der Waals surface area contributed by atoms with Gasteiger partial charge in [0.05, 0.1) is 0 Å². The number of nitrogens with zero attached hydrogens (tertiary/aromatic N) is 4. The predicted octanol–water partition coefficient (Wildman–Crippen LogP) is 2.67. The van der Waals surface area contributed by atoms with Gasteiger partial charge in [0.1, 0.15) is 23.4 Å². The van der Waals surface area contributed by atoms with Gasteiger partial charge in [-0.2, -0.15) is 5.26 Å². The molecular weight excluding hydrogens is 224 g/mol. The minimum Gasteiger partial charge on any atom is -0.360 e. The van der Waals surface area contributed by atoms with Crippen LogP contribution in [0.2, 0.25) is 0 Å². The van der Waals surface area contributed by atoms with E-state index in [0.29, 0.717) is 11.5 Å². The van der Waals surface area contributed by atoms with E-state index in [1.807, 2.05) is 14.0 Å².